The lowest BCUT2D eigenvalue weighted by Gasteiger charge is -2.04. The first-order chi connectivity index (χ1) is 12.0. The number of nitrogens with zero attached hydrogens (tertiary/aromatic N) is 1. The Kier molecular flexibility index (Phi) is 4.61. The Balaban J connectivity index is 2.19. The van der Waals surface area contributed by atoms with Gasteiger partial charge in [-0.3, -0.25) is 4.79 Å². The molecule has 0 N–H and O–H groups in total. The lowest BCUT2D eigenvalue weighted by molar-refractivity contribution is 0.103. The van der Waals surface area contributed by atoms with Gasteiger partial charge in [0.2, 0.25) is 0 Å². The van der Waals surface area contributed by atoms with Crippen molar-refractivity contribution in [2.75, 3.05) is 21.2 Å². The van der Waals surface area contributed by atoms with Crippen molar-refractivity contribution < 1.29 is 13.9 Å². The van der Waals surface area contributed by atoms with Gasteiger partial charge in [-0.05, 0) is 31.2 Å². The predicted molar refractivity (Wildman–Crippen MR) is 100 cm³/mol. The average Bonchev–Trinajstić information content (AvgIpc) is 2.97. The number of hydrogen-bond donors (Lipinski definition) is 0. The molecule has 0 fully saturated rings. The maximum Gasteiger partial charge on any atom is 0.197 e. The fourth-order valence-corrected chi connectivity index (χ4v) is 2.64. The molecule has 3 aromatic rings. The highest BCUT2D eigenvalue weighted by atomic mass is 16.5. The van der Waals surface area contributed by atoms with Crippen LogP contribution in [-0.4, -0.2) is 31.9 Å². The summed E-state index contributed by atoms with van der Waals surface area (Å²) in [6.45, 7) is 2.00. The van der Waals surface area contributed by atoms with E-state index in [1.165, 1.54) is 0 Å². The van der Waals surface area contributed by atoms with E-state index in [0.29, 0.717) is 28.2 Å². The first-order valence-corrected chi connectivity index (χ1v) is 8.06. The third kappa shape index (κ3) is 3.43. The second kappa shape index (κ2) is 6.85. The van der Waals surface area contributed by atoms with Crippen molar-refractivity contribution >= 4 is 22.8 Å². The summed E-state index contributed by atoms with van der Waals surface area (Å²) in [5.74, 6) is 1.17. The molecule has 128 valence electrons. The molecule has 4 heteroatoms. The van der Waals surface area contributed by atoms with Gasteiger partial charge in [0.15, 0.2) is 5.78 Å². The molecule has 0 radical (unpaired) electrons. The molecule has 0 bridgehead atoms. The van der Waals surface area contributed by atoms with Crippen molar-refractivity contribution in [1.82, 2.24) is 4.90 Å². The monoisotopic (exact) mass is 335 g/mol. The fraction of sp³-hybridized carbons (Fsp3) is 0.190. The van der Waals surface area contributed by atoms with Crippen molar-refractivity contribution in [2.45, 2.75) is 6.92 Å². The Morgan fingerprint density at radius 2 is 1.84 bits per heavy atom. The highest BCUT2D eigenvalue weighted by Gasteiger charge is 2.21. The number of benzene rings is 2. The van der Waals surface area contributed by atoms with Gasteiger partial charge in [-0.15, -0.1) is 0 Å². The van der Waals surface area contributed by atoms with Crippen LogP contribution in [0, 0.1) is 6.92 Å². The molecule has 0 spiro atoms. The normalized spacial score (nSPS) is 11.2. The molecule has 0 aliphatic rings. The summed E-state index contributed by atoms with van der Waals surface area (Å²) in [6.07, 6.45) is 3.68. The summed E-state index contributed by atoms with van der Waals surface area (Å²) >= 11 is 0. The smallest absolute Gasteiger partial charge is 0.197 e. The molecule has 2 aromatic carbocycles. The number of aryl methyl sites for hydroxylation is 1. The van der Waals surface area contributed by atoms with Crippen molar-refractivity contribution in [2.24, 2.45) is 0 Å². The third-order valence-corrected chi connectivity index (χ3v) is 3.99. The van der Waals surface area contributed by atoms with Crippen LogP contribution < -0.4 is 4.74 Å². The quantitative estimate of drug-likeness (QED) is 0.643. The maximum absolute atomic E-state index is 13.1. The number of ketones is 1. The SMILES string of the molecule is COc1ccc2oc(/C=C\N(C)C)c(C(=O)c3ccc(C)cc3)c2c1. The molecule has 0 atom stereocenters. The molecule has 0 aliphatic heterocycles. The Labute approximate surface area is 147 Å². The zero-order valence-corrected chi connectivity index (χ0v) is 14.9. The van der Waals surface area contributed by atoms with Crippen molar-refractivity contribution in [1.29, 1.82) is 0 Å². The predicted octanol–water partition coefficient (Wildman–Crippen LogP) is 4.51. The number of rotatable bonds is 5. The van der Waals surface area contributed by atoms with Crippen LogP contribution in [0.25, 0.3) is 17.0 Å². The molecule has 0 amide bonds. The second-order valence-electron chi connectivity index (χ2n) is 6.18. The summed E-state index contributed by atoms with van der Waals surface area (Å²) in [6, 6.07) is 13.1. The minimum absolute atomic E-state index is 0.0644. The number of ether oxygens (including phenoxy) is 1. The largest absolute Gasteiger partial charge is 0.497 e. The number of fused-ring (bicyclic) bond motifs is 1. The lowest BCUT2D eigenvalue weighted by Crippen LogP contribution is -2.03. The standard InChI is InChI=1S/C21H21NO3/c1-14-5-7-15(8-6-14)21(23)20-17-13-16(24-4)9-10-18(17)25-19(20)11-12-22(2)3/h5-13H,1-4H3/b12-11-. The molecular formula is C21H21NO3. The van der Waals surface area contributed by atoms with E-state index >= 15 is 0 Å². The summed E-state index contributed by atoms with van der Waals surface area (Å²) in [5, 5.41) is 0.753. The number of carbonyl (C=O) groups is 1. The van der Waals surface area contributed by atoms with Crippen LogP contribution in [0.2, 0.25) is 0 Å². The molecule has 25 heavy (non-hydrogen) atoms. The lowest BCUT2D eigenvalue weighted by atomic mass is 9.99. The molecule has 0 saturated heterocycles. The highest BCUT2D eigenvalue weighted by molar-refractivity contribution is 6.18. The fourth-order valence-electron chi connectivity index (χ4n) is 2.64. The Morgan fingerprint density at radius 1 is 1.12 bits per heavy atom. The zero-order chi connectivity index (χ0) is 18.0. The van der Waals surface area contributed by atoms with E-state index in [-0.39, 0.29) is 5.78 Å². The zero-order valence-electron chi connectivity index (χ0n) is 14.9. The van der Waals surface area contributed by atoms with Crippen LogP contribution in [0.1, 0.15) is 27.2 Å². The summed E-state index contributed by atoms with van der Waals surface area (Å²) < 4.78 is 11.2. The Bertz CT molecular complexity index is 934. The molecule has 0 unspecified atom stereocenters. The Morgan fingerprint density at radius 3 is 2.48 bits per heavy atom. The van der Waals surface area contributed by atoms with Crippen LogP contribution in [0.5, 0.6) is 5.75 Å². The van der Waals surface area contributed by atoms with Gasteiger partial charge in [0.1, 0.15) is 17.1 Å². The van der Waals surface area contributed by atoms with E-state index in [2.05, 4.69) is 0 Å². The van der Waals surface area contributed by atoms with Crippen molar-refractivity contribution in [3.05, 3.63) is 71.1 Å². The van der Waals surface area contributed by atoms with Gasteiger partial charge < -0.3 is 14.1 Å². The van der Waals surface area contributed by atoms with Crippen LogP contribution in [0.3, 0.4) is 0 Å². The van der Waals surface area contributed by atoms with Gasteiger partial charge in [0.25, 0.3) is 0 Å². The highest BCUT2D eigenvalue weighted by Crippen LogP contribution is 2.32. The molecule has 0 saturated carbocycles. The first kappa shape index (κ1) is 16.8. The molecule has 4 nitrogen and oxygen atoms in total. The third-order valence-electron chi connectivity index (χ3n) is 3.99. The summed E-state index contributed by atoms with van der Waals surface area (Å²) in [4.78, 5) is 15.0. The topological polar surface area (TPSA) is 42.7 Å². The van der Waals surface area contributed by atoms with Gasteiger partial charge in [0, 0.05) is 31.2 Å². The number of carbonyl (C=O) groups excluding carboxylic acids is 1. The molecule has 3 rings (SSSR count). The van der Waals surface area contributed by atoms with Crippen LogP contribution in [0.15, 0.2) is 53.1 Å². The minimum atomic E-state index is -0.0644. The van der Waals surface area contributed by atoms with Gasteiger partial charge in [0.05, 0.1) is 12.7 Å². The first-order valence-electron chi connectivity index (χ1n) is 8.06. The van der Waals surface area contributed by atoms with Crippen LogP contribution in [0.4, 0.5) is 0 Å². The maximum atomic E-state index is 13.1. The van der Waals surface area contributed by atoms with Gasteiger partial charge in [-0.25, -0.2) is 0 Å². The van der Waals surface area contributed by atoms with Gasteiger partial charge >= 0.3 is 0 Å². The molecule has 0 aliphatic carbocycles. The van der Waals surface area contributed by atoms with Crippen LogP contribution in [-0.2, 0) is 0 Å². The van der Waals surface area contributed by atoms with E-state index < -0.39 is 0 Å². The molecular weight excluding hydrogens is 314 g/mol. The van der Waals surface area contributed by atoms with Crippen molar-refractivity contribution in [3.63, 3.8) is 0 Å². The van der Waals surface area contributed by atoms with E-state index in [9.17, 15) is 4.79 Å². The number of furan rings is 1. The number of methoxy groups -OCH3 is 1. The Hall–Kier alpha value is -3.01. The summed E-state index contributed by atoms with van der Waals surface area (Å²) in [7, 11) is 5.45. The van der Waals surface area contributed by atoms with Gasteiger partial charge in [-0.1, -0.05) is 29.8 Å². The van der Waals surface area contributed by atoms with Crippen LogP contribution >= 0.6 is 0 Å². The minimum Gasteiger partial charge on any atom is -0.497 e. The molecule has 1 aromatic heterocycles. The van der Waals surface area contributed by atoms with E-state index in [0.717, 1.165) is 10.9 Å². The second-order valence-corrected chi connectivity index (χ2v) is 6.18. The van der Waals surface area contributed by atoms with Crippen molar-refractivity contribution in [3.8, 4) is 5.75 Å². The van der Waals surface area contributed by atoms with E-state index in [4.69, 9.17) is 9.15 Å². The number of hydrogen-bond acceptors (Lipinski definition) is 4. The average molecular weight is 335 g/mol. The van der Waals surface area contributed by atoms with E-state index in [1.54, 1.807) is 7.11 Å². The summed E-state index contributed by atoms with van der Waals surface area (Å²) in [5.41, 5.74) is 2.96. The van der Waals surface area contributed by atoms with E-state index in [1.807, 2.05) is 80.7 Å². The van der Waals surface area contributed by atoms with Gasteiger partial charge in [-0.2, -0.15) is 0 Å². The molecule has 1 heterocycles.